The predicted octanol–water partition coefficient (Wildman–Crippen LogP) is 2.12. The molecule has 1 spiro atoms. The highest BCUT2D eigenvalue weighted by molar-refractivity contribution is 7.90. The summed E-state index contributed by atoms with van der Waals surface area (Å²) in [5, 5.41) is -0.125. The van der Waals surface area contributed by atoms with Crippen molar-refractivity contribution < 1.29 is 13.2 Å². The lowest BCUT2D eigenvalue weighted by Gasteiger charge is -2.50. The number of rotatable bonds is 7. The molecule has 1 aliphatic carbocycles. The van der Waals surface area contributed by atoms with Crippen molar-refractivity contribution in [2.75, 3.05) is 26.2 Å². The first-order chi connectivity index (χ1) is 11.5. The van der Waals surface area contributed by atoms with E-state index in [1.165, 1.54) is 9.75 Å². The first-order valence-corrected chi connectivity index (χ1v) is 11.2. The monoisotopic (exact) mass is 370 g/mol. The molecule has 1 aromatic rings. The van der Waals surface area contributed by atoms with Crippen LogP contribution in [0.1, 0.15) is 35.4 Å². The summed E-state index contributed by atoms with van der Waals surface area (Å²) in [6.07, 6.45) is 3.58. The molecule has 0 amide bonds. The summed E-state index contributed by atoms with van der Waals surface area (Å²) >= 11 is 1.86. The first-order valence-electron chi connectivity index (χ1n) is 8.87. The zero-order valence-electron chi connectivity index (χ0n) is 14.2. The smallest absolute Gasteiger partial charge is 0.214 e. The Bertz CT molecular complexity index is 690. The largest absolute Gasteiger partial charge is 0.372 e. The molecule has 134 valence electrons. The lowest BCUT2D eigenvalue weighted by Crippen LogP contribution is -2.64. The van der Waals surface area contributed by atoms with Crippen LogP contribution < -0.4 is 4.72 Å². The maximum atomic E-state index is 11.9. The molecule has 4 rings (SSSR count). The van der Waals surface area contributed by atoms with Gasteiger partial charge in [-0.15, -0.1) is 11.3 Å². The van der Waals surface area contributed by atoms with Crippen molar-refractivity contribution in [1.82, 2.24) is 9.62 Å². The minimum absolute atomic E-state index is 0.0304. The Hall–Kier alpha value is -0.470. The second kappa shape index (κ2) is 6.36. The van der Waals surface area contributed by atoms with E-state index in [1.54, 1.807) is 0 Å². The van der Waals surface area contributed by atoms with E-state index < -0.39 is 10.0 Å². The van der Waals surface area contributed by atoms with Crippen molar-refractivity contribution >= 4 is 21.4 Å². The normalized spacial score (nSPS) is 26.8. The quantitative estimate of drug-likeness (QED) is 0.799. The number of likely N-dealkylation sites (tertiary alicyclic amines) is 1. The highest BCUT2D eigenvalue weighted by Gasteiger charge is 2.52. The molecular weight excluding hydrogens is 344 g/mol. The number of aryl methyl sites for hydroxylation is 1. The summed E-state index contributed by atoms with van der Waals surface area (Å²) in [4.78, 5) is 5.21. The van der Waals surface area contributed by atoms with Crippen molar-refractivity contribution in [3.05, 3.63) is 21.9 Å². The minimum Gasteiger partial charge on any atom is -0.372 e. The third kappa shape index (κ3) is 3.42. The fraction of sp³-hybridized carbons (Fsp3) is 0.765. The molecule has 5 nitrogen and oxygen atoms in total. The minimum atomic E-state index is -3.05. The van der Waals surface area contributed by atoms with Crippen LogP contribution in [0.5, 0.6) is 0 Å². The number of sulfonamides is 1. The summed E-state index contributed by atoms with van der Waals surface area (Å²) in [6, 6.07) is 4.39. The molecule has 7 heteroatoms. The topological polar surface area (TPSA) is 58.6 Å². The van der Waals surface area contributed by atoms with E-state index >= 15 is 0 Å². The van der Waals surface area contributed by atoms with Gasteiger partial charge in [-0.25, -0.2) is 13.1 Å². The standard InChI is InChI=1S/C17H26N2O3S2/c1-13-2-3-15(23-13)10-19-11-17(12-19)14(7-9-22-17)6-8-18-24(20,21)16-4-5-16/h2-3,14,16,18H,4-12H2,1H3/t14-/m0/s1. The Labute approximate surface area is 148 Å². The van der Waals surface area contributed by atoms with Crippen molar-refractivity contribution in [2.45, 2.75) is 50.0 Å². The number of nitrogens with one attached hydrogen (secondary N) is 1. The maximum Gasteiger partial charge on any atom is 0.214 e. The summed E-state index contributed by atoms with van der Waals surface area (Å²) in [7, 11) is -3.05. The molecule has 2 aliphatic heterocycles. The van der Waals surface area contributed by atoms with Crippen LogP contribution in [-0.4, -0.2) is 50.4 Å². The van der Waals surface area contributed by atoms with Gasteiger partial charge in [0, 0.05) is 42.5 Å². The molecule has 2 saturated heterocycles. The van der Waals surface area contributed by atoms with E-state index in [0.29, 0.717) is 12.5 Å². The Morgan fingerprint density at radius 3 is 2.79 bits per heavy atom. The Kier molecular flexibility index (Phi) is 4.50. The first kappa shape index (κ1) is 17.0. The summed E-state index contributed by atoms with van der Waals surface area (Å²) in [5.41, 5.74) is -0.0304. The molecule has 3 fully saturated rings. The van der Waals surface area contributed by atoms with Gasteiger partial charge in [0.1, 0.15) is 0 Å². The Morgan fingerprint density at radius 2 is 2.12 bits per heavy atom. The van der Waals surface area contributed by atoms with Gasteiger partial charge in [0.25, 0.3) is 0 Å². The van der Waals surface area contributed by atoms with E-state index in [2.05, 4.69) is 28.7 Å². The Morgan fingerprint density at radius 1 is 1.33 bits per heavy atom. The van der Waals surface area contributed by atoms with Gasteiger partial charge in [0.15, 0.2) is 0 Å². The SMILES string of the molecule is Cc1ccc(CN2CC3(C2)OCC[C@@H]3CCNS(=O)(=O)C2CC2)s1. The molecular formula is C17H26N2O3S2. The second-order valence-corrected chi connectivity index (χ2v) is 10.9. The van der Waals surface area contributed by atoms with Crippen molar-refractivity contribution in [3.8, 4) is 0 Å². The van der Waals surface area contributed by atoms with E-state index in [-0.39, 0.29) is 10.9 Å². The van der Waals surface area contributed by atoms with Crippen LogP contribution >= 0.6 is 11.3 Å². The predicted molar refractivity (Wildman–Crippen MR) is 95.7 cm³/mol. The van der Waals surface area contributed by atoms with Crippen molar-refractivity contribution in [2.24, 2.45) is 5.92 Å². The molecule has 0 aromatic carbocycles. The molecule has 0 radical (unpaired) electrons. The van der Waals surface area contributed by atoms with Gasteiger partial charge in [0.2, 0.25) is 10.0 Å². The van der Waals surface area contributed by atoms with Crippen molar-refractivity contribution in [3.63, 3.8) is 0 Å². The van der Waals surface area contributed by atoms with E-state index in [1.807, 2.05) is 11.3 Å². The maximum absolute atomic E-state index is 11.9. The molecule has 3 aliphatic rings. The van der Waals surface area contributed by atoms with Crippen molar-refractivity contribution in [1.29, 1.82) is 0 Å². The lowest BCUT2D eigenvalue weighted by molar-refractivity contribution is -0.136. The molecule has 1 saturated carbocycles. The molecule has 3 heterocycles. The fourth-order valence-corrected chi connectivity index (χ4v) is 6.35. The van der Waals surface area contributed by atoms with Gasteiger partial charge < -0.3 is 4.74 Å². The zero-order valence-corrected chi connectivity index (χ0v) is 15.8. The van der Waals surface area contributed by atoms with Gasteiger partial charge in [-0.2, -0.15) is 0 Å². The van der Waals surface area contributed by atoms with Crippen LogP contribution in [0.25, 0.3) is 0 Å². The summed E-state index contributed by atoms with van der Waals surface area (Å²) in [6.45, 7) is 6.47. The Balaban J connectivity index is 1.26. The highest BCUT2D eigenvalue weighted by atomic mass is 32.2. The average molecular weight is 371 g/mol. The van der Waals surface area contributed by atoms with Crippen LogP contribution in [0.4, 0.5) is 0 Å². The van der Waals surface area contributed by atoms with Crippen LogP contribution in [0.15, 0.2) is 12.1 Å². The highest BCUT2D eigenvalue weighted by Crippen LogP contribution is 2.42. The third-order valence-electron chi connectivity index (χ3n) is 5.52. The summed E-state index contributed by atoms with van der Waals surface area (Å²) < 4.78 is 32.7. The fourth-order valence-electron chi connectivity index (χ4n) is 4.03. The number of thiophene rings is 1. The molecule has 1 N–H and O–H groups in total. The molecule has 24 heavy (non-hydrogen) atoms. The van der Waals surface area contributed by atoms with Gasteiger partial charge in [-0.05, 0) is 50.7 Å². The van der Waals surface area contributed by atoms with Gasteiger partial charge in [-0.3, -0.25) is 4.90 Å². The second-order valence-electron chi connectivity index (χ2n) is 7.48. The number of ether oxygens (including phenoxy) is 1. The number of nitrogens with zero attached hydrogens (tertiary/aromatic N) is 1. The van der Waals surface area contributed by atoms with Crippen LogP contribution in [0.2, 0.25) is 0 Å². The van der Waals surface area contributed by atoms with E-state index in [0.717, 1.165) is 51.9 Å². The number of hydrogen-bond donors (Lipinski definition) is 1. The van der Waals surface area contributed by atoms with Crippen LogP contribution in [-0.2, 0) is 21.3 Å². The van der Waals surface area contributed by atoms with Crippen LogP contribution in [0.3, 0.4) is 0 Å². The molecule has 0 unspecified atom stereocenters. The third-order valence-corrected chi connectivity index (χ3v) is 8.46. The van der Waals surface area contributed by atoms with Gasteiger partial charge >= 0.3 is 0 Å². The lowest BCUT2D eigenvalue weighted by atomic mass is 9.79. The zero-order chi connectivity index (χ0) is 16.8. The molecule has 1 aromatic heterocycles. The van der Waals surface area contributed by atoms with Crippen LogP contribution in [0, 0.1) is 12.8 Å². The van der Waals surface area contributed by atoms with Gasteiger partial charge in [0.05, 0.1) is 10.9 Å². The number of hydrogen-bond acceptors (Lipinski definition) is 5. The molecule has 0 bridgehead atoms. The van der Waals surface area contributed by atoms with E-state index in [4.69, 9.17) is 4.74 Å². The average Bonchev–Trinajstić information content (AvgIpc) is 3.17. The molecule has 1 atom stereocenters. The van der Waals surface area contributed by atoms with Gasteiger partial charge in [-0.1, -0.05) is 0 Å². The van der Waals surface area contributed by atoms with E-state index in [9.17, 15) is 8.42 Å². The summed E-state index contributed by atoms with van der Waals surface area (Å²) in [5.74, 6) is 0.473.